The molecule has 1 aliphatic rings. The van der Waals surface area contributed by atoms with E-state index in [2.05, 4.69) is 5.10 Å². The van der Waals surface area contributed by atoms with Gasteiger partial charge >= 0.3 is 6.18 Å². The molecule has 7 nitrogen and oxygen atoms in total. The number of hydrogen-bond acceptors (Lipinski definition) is 4. The fourth-order valence-electron chi connectivity index (χ4n) is 3.08. The van der Waals surface area contributed by atoms with Crippen LogP contribution >= 0.6 is 0 Å². The Morgan fingerprint density at radius 3 is 2.25 bits per heavy atom. The van der Waals surface area contributed by atoms with Gasteiger partial charge in [0.15, 0.2) is 0 Å². The first kappa shape index (κ1) is 20.3. The highest BCUT2D eigenvalue weighted by atomic mass is 32.2. The summed E-state index contributed by atoms with van der Waals surface area (Å²) in [5.74, 6) is -0.279. The topological polar surface area (TPSA) is 75.5 Å². The van der Waals surface area contributed by atoms with Crippen LogP contribution in [0.2, 0.25) is 0 Å². The monoisotopic (exact) mass is 416 g/mol. The van der Waals surface area contributed by atoms with E-state index in [1.807, 2.05) is 0 Å². The summed E-state index contributed by atoms with van der Waals surface area (Å²) in [5.41, 5.74) is -0.0973. The third-order valence-corrected chi connectivity index (χ3v) is 6.76. The summed E-state index contributed by atoms with van der Waals surface area (Å²) in [5, 5.41) is 4.01. The van der Waals surface area contributed by atoms with E-state index >= 15 is 0 Å². The van der Waals surface area contributed by atoms with Gasteiger partial charge in [0.2, 0.25) is 10.0 Å². The van der Waals surface area contributed by atoms with Crippen LogP contribution in [-0.4, -0.2) is 59.5 Å². The van der Waals surface area contributed by atoms with Gasteiger partial charge in [0.25, 0.3) is 5.91 Å². The highest BCUT2D eigenvalue weighted by Gasteiger charge is 2.39. The molecule has 1 amide bonds. The fourth-order valence-corrected chi connectivity index (χ4v) is 4.71. The quantitative estimate of drug-likeness (QED) is 0.766. The van der Waals surface area contributed by atoms with Crippen molar-refractivity contribution >= 4 is 15.9 Å². The first-order chi connectivity index (χ1) is 13.0. The molecule has 2 aromatic rings. The standard InChI is InChI=1S/C17H19F3N4O3S/c1-12-13(11-21-22(12)2)16(25)23-7-9-24(10-8-23)28(26,27)15-6-4-3-5-14(15)17(18,19)20/h3-6,11H,7-10H2,1-2H3. The van der Waals surface area contributed by atoms with Crippen molar-refractivity contribution in [2.24, 2.45) is 7.05 Å². The van der Waals surface area contributed by atoms with Gasteiger partial charge in [0.05, 0.1) is 22.2 Å². The number of hydrogen-bond donors (Lipinski definition) is 0. The van der Waals surface area contributed by atoms with E-state index < -0.39 is 26.7 Å². The molecule has 0 spiro atoms. The van der Waals surface area contributed by atoms with E-state index in [1.54, 1.807) is 18.7 Å². The summed E-state index contributed by atoms with van der Waals surface area (Å²) in [6.07, 6.45) is -3.33. The number of carbonyl (C=O) groups is 1. The summed E-state index contributed by atoms with van der Waals surface area (Å²) in [6.45, 7) is 1.75. The van der Waals surface area contributed by atoms with E-state index in [-0.39, 0.29) is 32.1 Å². The molecule has 1 aliphatic heterocycles. The maximum atomic E-state index is 13.2. The van der Waals surface area contributed by atoms with Crippen LogP contribution in [0, 0.1) is 6.92 Å². The summed E-state index contributed by atoms with van der Waals surface area (Å²) >= 11 is 0. The second kappa shape index (κ2) is 7.21. The highest BCUT2D eigenvalue weighted by Crippen LogP contribution is 2.35. The van der Waals surface area contributed by atoms with Gasteiger partial charge in [-0.05, 0) is 19.1 Å². The Kier molecular flexibility index (Phi) is 5.24. The van der Waals surface area contributed by atoms with Crippen LogP contribution in [0.1, 0.15) is 21.6 Å². The zero-order chi connectivity index (χ0) is 20.7. The number of piperazine rings is 1. The summed E-state index contributed by atoms with van der Waals surface area (Å²) in [6, 6.07) is 4.11. The lowest BCUT2D eigenvalue weighted by atomic mass is 10.2. The molecule has 0 bridgehead atoms. The number of alkyl halides is 3. The van der Waals surface area contributed by atoms with E-state index in [9.17, 15) is 26.4 Å². The maximum Gasteiger partial charge on any atom is 0.417 e. The molecular formula is C17H19F3N4O3S. The first-order valence-electron chi connectivity index (χ1n) is 8.47. The number of halogens is 3. The van der Waals surface area contributed by atoms with Crippen molar-refractivity contribution in [2.75, 3.05) is 26.2 Å². The lowest BCUT2D eigenvalue weighted by Gasteiger charge is -2.34. The van der Waals surface area contributed by atoms with Crippen molar-refractivity contribution in [3.05, 3.63) is 47.3 Å². The molecule has 11 heteroatoms. The van der Waals surface area contributed by atoms with Crippen LogP contribution in [-0.2, 0) is 23.2 Å². The van der Waals surface area contributed by atoms with Crippen LogP contribution in [0.15, 0.2) is 35.4 Å². The second-order valence-electron chi connectivity index (χ2n) is 6.46. The summed E-state index contributed by atoms with van der Waals surface area (Å²) < 4.78 is 67.7. The molecule has 1 aromatic heterocycles. The number of benzene rings is 1. The van der Waals surface area contributed by atoms with E-state index in [0.717, 1.165) is 22.5 Å². The first-order valence-corrected chi connectivity index (χ1v) is 9.91. The molecule has 2 heterocycles. The molecular weight excluding hydrogens is 397 g/mol. The largest absolute Gasteiger partial charge is 0.417 e. The third-order valence-electron chi connectivity index (χ3n) is 4.80. The number of nitrogens with zero attached hydrogens (tertiary/aromatic N) is 4. The van der Waals surface area contributed by atoms with Crippen LogP contribution in [0.5, 0.6) is 0 Å². The molecule has 152 valence electrons. The van der Waals surface area contributed by atoms with Gasteiger partial charge in [-0.15, -0.1) is 0 Å². The average molecular weight is 416 g/mol. The van der Waals surface area contributed by atoms with Crippen molar-refractivity contribution in [1.29, 1.82) is 0 Å². The van der Waals surface area contributed by atoms with Crippen molar-refractivity contribution in [3.8, 4) is 0 Å². The predicted octanol–water partition coefficient (Wildman–Crippen LogP) is 1.89. The number of carbonyl (C=O) groups excluding carboxylic acids is 1. The van der Waals surface area contributed by atoms with Gasteiger partial charge in [-0.1, -0.05) is 12.1 Å². The van der Waals surface area contributed by atoms with Gasteiger partial charge in [-0.25, -0.2) is 8.42 Å². The normalized spacial score (nSPS) is 16.4. The van der Waals surface area contributed by atoms with Gasteiger partial charge in [0, 0.05) is 38.9 Å². The molecule has 0 saturated carbocycles. The van der Waals surface area contributed by atoms with Crippen molar-refractivity contribution < 1.29 is 26.4 Å². The minimum absolute atomic E-state index is 0.0838. The Morgan fingerprint density at radius 2 is 1.71 bits per heavy atom. The molecule has 3 rings (SSSR count). The van der Waals surface area contributed by atoms with Crippen molar-refractivity contribution in [3.63, 3.8) is 0 Å². The smallest absolute Gasteiger partial charge is 0.336 e. The van der Waals surface area contributed by atoms with Crippen molar-refractivity contribution in [2.45, 2.75) is 18.0 Å². The molecule has 0 atom stereocenters. The number of rotatable bonds is 3. The second-order valence-corrected chi connectivity index (χ2v) is 8.36. The van der Waals surface area contributed by atoms with Gasteiger partial charge in [-0.3, -0.25) is 9.48 Å². The zero-order valence-electron chi connectivity index (χ0n) is 15.3. The number of aromatic nitrogens is 2. The average Bonchev–Trinajstić information content (AvgIpc) is 2.99. The number of amides is 1. The van der Waals surface area contributed by atoms with E-state index in [1.165, 1.54) is 17.2 Å². The molecule has 28 heavy (non-hydrogen) atoms. The Bertz CT molecular complexity index is 993. The minimum Gasteiger partial charge on any atom is -0.336 e. The van der Waals surface area contributed by atoms with E-state index in [4.69, 9.17) is 0 Å². The maximum absolute atomic E-state index is 13.2. The number of aryl methyl sites for hydroxylation is 1. The lowest BCUT2D eigenvalue weighted by Crippen LogP contribution is -2.50. The van der Waals surface area contributed by atoms with Gasteiger partial charge < -0.3 is 4.90 Å². The molecule has 1 saturated heterocycles. The predicted molar refractivity (Wildman–Crippen MR) is 94.1 cm³/mol. The van der Waals surface area contributed by atoms with Crippen LogP contribution < -0.4 is 0 Å². The summed E-state index contributed by atoms with van der Waals surface area (Å²) in [4.78, 5) is 13.3. The van der Waals surface area contributed by atoms with Crippen LogP contribution in [0.4, 0.5) is 13.2 Å². The van der Waals surface area contributed by atoms with Crippen molar-refractivity contribution in [1.82, 2.24) is 19.0 Å². The molecule has 0 radical (unpaired) electrons. The van der Waals surface area contributed by atoms with Gasteiger partial charge in [-0.2, -0.15) is 22.6 Å². The molecule has 0 aliphatic carbocycles. The SMILES string of the molecule is Cc1c(C(=O)N2CCN(S(=O)(=O)c3ccccc3C(F)(F)F)CC2)cnn1C. The minimum atomic E-state index is -4.78. The Labute approximate surface area is 160 Å². The summed E-state index contributed by atoms with van der Waals surface area (Å²) in [7, 11) is -2.63. The molecule has 1 aromatic carbocycles. The van der Waals surface area contributed by atoms with Crippen LogP contribution in [0.25, 0.3) is 0 Å². The fraction of sp³-hybridized carbons (Fsp3) is 0.412. The molecule has 1 fully saturated rings. The van der Waals surface area contributed by atoms with Crippen LogP contribution in [0.3, 0.4) is 0 Å². The molecule has 0 N–H and O–H groups in total. The Morgan fingerprint density at radius 1 is 1.11 bits per heavy atom. The third kappa shape index (κ3) is 3.63. The van der Waals surface area contributed by atoms with Gasteiger partial charge in [0.1, 0.15) is 0 Å². The zero-order valence-corrected chi connectivity index (χ0v) is 16.1. The molecule has 0 unspecified atom stereocenters. The Hall–Kier alpha value is -2.40. The number of sulfonamides is 1. The lowest BCUT2D eigenvalue weighted by molar-refractivity contribution is -0.139. The highest BCUT2D eigenvalue weighted by molar-refractivity contribution is 7.89. The Balaban J connectivity index is 1.78. The van der Waals surface area contributed by atoms with E-state index in [0.29, 0.717) is 11.3 Å².